The largest absolute Gasteiger partial charge is 0.396 e. The van der Waals surface area contributed by atoms with Gasteiger partial charge in [0.2, 0.25) is 0 Å². The van der Waals surface area contributed by atoms with Crippen molar-refractivity contribution in [2.75, 3.05) is 5.73 Å². The summed E-state index contributed by atoms with van der Waals surface area (Å²) in [5.41, 5.74) is 7.53. The minimum atomic E-state index is -0.373. The summed E-state index contributed by atoms with van der Waals surface area (Å²) in [7, 11) is 0. The van der Waals surface area contributed by atoms with Gasteiger partial charge >= 0.3 is 0 Å². The summed E-state index contributed by atoms with van der Waals surface area (Å²) in [4.78, 5) is 0. The summed E-state index contributed by atoms with van der Waals surface area (Å²) < 4.78 is 13.2. The lowest BCUT2D eigenvalue weighted by Crippen LogP contribution is -2.05. The van der Waals surface area contributed by atoms with Crippen molar-refractivity contribution in [3.05, 3.63) is 36.2 Å². The number of halogens is 1. The molecule has 0 fully saturated rings. The highest BCUT2D eigenvalue weighted by atomic mass is 19.1. The average Bonchev–Trinajstić information content (AvgIpc) is 2.06. The number of rotatable bonds is 2. The second-order valence-corrected chi connectivity index (χ2v) is 5.08. The second kappa shape index (κ2) is 4.05. The first kappa shape index (κ1) is 11.8. The van der Waals surface area contributed by atoms with Gasteiger partial charge in [-0.05, 0) is 35.1 Å². The first-order chi connectivity index (χ1) is 6.79. The summed E-state index contributed by atoms with van der Waals surface area (Å²) in [6, 6.07) is 4.84. The van der Waals surface area contributed by atoms with E-state index < -0.39 is 0 Å². The minimum Gasteiger partial charge on any atom is -0.396 e. The van der Waals surface area contributed by atoms with Gasteiger partial charge in [0.15, 0.2) is 0 Å². The van der Waals surface area contributed by atoms with E-state index in [4.69, 9.17) is 5.73 Å². The zero-order valence-electron chi connectivity index (χ0n) is 9.60. The Hall–Kier alpha value is -1.31. The highest BCUT2D eigenvalue weighted by Gasteiger charge is 2.13. The Labute approximate surface area is 90.8 Å². The van der Waals surface area contributed by atoms with Crippen LogP contribution < -0.4 is 5.73 Å². The molecule has 0 aliphatic heterocycles. The predicted molar refractivity (Wildman–Crippen MR) is 63.9 cm³/mol. The molecule has 0 atom stereocenters. The lowest BCUT2D eigenvalue weighted by atomic mass is 9.86. The van der Waals surface area contributed by atoms with Gasteiger partial charge in [0.05, 0.1) is 5.69 Å². The zero-order chi connectivity index (χ0) is 11.6. The Kier molecular flexibility index (Phi) is 3.18. The van der Waals surface area contributed by atoms with Crippen LogP contribution in [0.1, 0.15) is 32.8 Å². The standard InChI is InChI=1S/C13H18FN/c1-9(8-13(2,3)4)10-5-6-12(15)11(14)7-10/h5-7H,1,8,15H2,2-4H3. The van der Waals surface area contributed by atoms with Crippen LogP contribution in [0.2, 0.25) is 0 Å². The molecule has 2 N–H and O–H groups in total. The lowest BCUT2D eigenvalue weighted by molar-refractivity contribution is 0.427. The van der Waals surface area contributed by atoms with Crippen LogP contribution in [0.15, 0.2) is 24.8 Å². The maximum Gasteiger partial charge on any atom is 0.146 e. The molecule has 15 heavy (non-hydrogen) atoms. The van der Waals surface area contributed by atoms with Gasteiger partial charge in [-0.25, -0.2) is 4.39 Å². The molecule has 0 aromatic heterocycles. The van der Waals surface area contributed by atoms with Crippen LogP contribution in [-0.4, -0.2) is 0 Å². The molecule has 0 radical (unpaired) electrons. The summed E-state index contributed by atoms with van der Waals surface area (Å²) in [5.74, 6) is -0.373. The van der Waals surface area contributed by atoms with Crippen LogP contribution in [0.5, 0.6) is 0 Å². The third-order valence-electron chi connectivity index (χ3n) is 2.15. The van der Waals surface area contributed by atoms with Gasteiger partial charge in [-0.15, -0.1) is 0 Å². The van der Waals surface area contributed by atoms with Crippen LogP contribution in [-0.2, 0) is 0 Å². The fourth-order valence-electron chi connectivity index (χ4n) is 1.49. The number of nitrogens with two attached hydrogens (primary N) is 1. The van der Waals surface area contributed by atoms with Crippen molar-refractivity contribution < 1.29 is 4.39 Å². The van der Waals surface area contributed by atoms with Gasteiger partial charge in [0, 0.05) is 0 Å². The van der Waals surface area contributed by atoms with Crippen molar-refractivity contribution in [1.82, 2.24) is 0 Å². The third kappa shape index (κ3) is 3.39. The Morgan fingerprint density at radius 3 is 2.47 bits per heavy atom. The Morgan fingerprint density at radius 1 is 1.40 bits per heavy atom. The van der Waals surface area contributed by atoms with Crippen LogP contribution in [0.4, 0.5) is 10.1 Å². The summed E-state index contributed by atoms with van der Waals surface area (Å²) in [6.45, 7) is 10.4. The molecular formula is C13H18FN. The number of hydrogen-bond acceptors (Lipinski definition) is 1. The van der Waals surface area contributed by atoms with E-state index in [1.54, 1.807) is 6.07 Å². The molecule has 82 valence electrons. The van der Waals surface area contributed by atoms with E-state index in [1.165, 1.54) is 6.07 Å². The zero-order valence-corrected chi connectivity index (χ0v) is 9.60. The van der Waals surface area contributed by atoms with Gasteiger partial charge in [0.25, 0.3) is 0 Å². The third-order valence-corrected chi connectivity index (χ3v) is 2.15. The molecular weight excluding hydrogens is 189 g/mol. The summed E-state index contributed by atoms with van der Waals surface area (Å²) in [5, 5.41) is 0. The molecule has 0 aliphatic carbocycles. The van der Waals surface area contributed by atoms with Crippen molar-refractivity contribution >= 4 is 11.3 Å². The van der Waals surface area contributed by atoms with Crippen molar-refractivity contribution in [2.45, 2.75) is 27.2 Å². The second-order valence-electron chi connectivity index (χ2n) is 5.08. The number of nitrogen functional groups attached to an aromatic ring is 1. The Morgan fingerprint density at radius 2 is 2.00 bits per heavy atom. The van der Waals surface area contributed by atoms with Gasteiger partial charge in [-0.3, -0.25) is 0 Å². The molecule has 1 nitrogen and oxygen atoms in total. The van der Waals surface area contributed by atoms with E-state index in [0.29, 0.717) is 0 Å². The van der Waals surface area contributed by atoms with Crippen LogP contribution in [0.25, 0.3) is 5.57 Å². The topological polar surface area (TPSA) is 26.0 Å². The highest BCUT2D eigenvalue weighted by Crippen LogP contribution is 2.29. The summed E-state index contributed by atoms with van der Waals surface area (Å²) >= 11 is 0. The van der Waals surface area contributed by atoms with Gasteiger partial charge < -0.3 is 5.73 Å². The van der Waals surface area contributed by atoms with Crippen molar-refractivity contribution in [3.8, 4) is 0 Å². The minimum absolute atomic E-state index is 0.162. The summed E-state index contributed by atoms with van der Waals surface area (Å²) in [6.07, 6.45) is 0.844. The maximum absolute atomic E-state index is 13.2. The monoisotopic (exact) mass is 207 g/mol. The molecule has 1 aromatic rings. The van der Waals surface area contributed by atoms with Crippen LogP contribution in [0, 0.1) is 11.2 Å². The highest BCUT2D eigenvalue weighted by molar-refractivity contribution is 5.65. The smallest absolute Gasteiger partial charge is 0.146 e. The first-order valence-corrected chi connectivity index (χ1v) is 5.03. The van der Waals surface area contributed by atoms with E-state index in [2.05, 4.69) is 27.4 Å². The van der Waals surface area contributed by atoms with E-state index in [9.17, 15) is 4.39 Å². The molecule has 0 unspecified atom stereocenters. The molecule has 0 amide bonds. The fourth-order valence-corrected chi connectivity index (χ4v) is 1.49. The molecule has 1 aromatic carbocycles. The fraction of sp³-hybridized carbons (Fsp3) is 0.385. The molecule has 1 rings (SSSR count). The van der Waals surface area contributed by atoms with E-state index >= 15 is 0 Å². The molecule has 0 aliphatic rings. The van der Waals surface area contributed by atoms with E-state index in [1.807, 2.05) is 6.07 Å². The predicted octanol–water partition coefficient (Wildman–Crippen LogP) is 3.86. The first-order valence-electron chi connectivity index (χ1n) is 5.03. The molecule has 0 saturated heterocycles. The Bertz CT molecular complexity index is 375. The number of benzene rings is 1. The van der Waals surface area contributed by atoms with Gasteiger partial charge in [-0.1, -0.05) is 33.4 Å². The SMILES string of the molecule is C=C(CC(C)(C)C)c1ccc(N)c(F)c1. The quantitative estimate of drug-likeness (QED) is 0.732. The average molecular weight is 207 g/mol. The van der Waals surface area contributed by atoms with Gasteiger partial charge in [0.1, 0.15) is 5.82 Å². The molecule has 0 heterocycles. The number of hydrogen-bond donors (Lipinski definition) is 1. The number of allylic oxidation sites excluding steroid dienone is 1. The molecule has 0 spiro atoms. The van der Waals surface area contributed by atoms with Gasteiger partial charge in [-0.2, -0.15) is 0 Å². The van der Waals surface area contributed by atoms with Crippen LogP contribution in [0.3, 0.4) is 0 Å². The number of anilines is 1. The normalized spacial score (nSPS) is 11.5. The van der Waals surface area contributed by atoms with Crippen LogP contribution >= 0.6 is 0 Å². The van der Waals surface area contributed by atoms with Crippen molar-refractivity contribution in [1.29, 1.82) is 0 Å². The lowest BCUT2D eigenvalue weighted by Gasteiger charge is -2.20. The van der Waals surface area contributed by atoms with E-state index in [0.717, 1.165) is 17.6 Å². The van der Waals surface area contributed by atoms with Crippen molar-refractivity contribution in [3.63, 3.8) is 0 Å². The van der Waals surface area contributed by atoms with Crippen molar-refractivity contribution in [2.24, 2.45) is 5.41 Å². The van der Waals surface area contributed by atoms with E-state index in [-0.39, 0.29) is 16.9 Å². The molecule has 0 bridgehead atoms. The molecule has 0 saturated carbocycles. The molecule has 2 heteroatoms. The Balaban J connectivity index is 2.88. The maximum atomic E-state index is 13.2.